The summed E-state index contributed by atoms with van der Waals surface area (Å²) >= 11 is 0. The number of hydrogen-bond acceptors (Lipinski definition) is 3. The van der Waals surface area contributed by atoms with E-state index in [1.165, 1.54) is 0 Å². The molecular formula is C2H7F2O3P. The van der Waals surface area contributed by atoms with E-state index >= 15 is 0 Å². The molecule has 3 nitrogen and oxygen atoms in total. The summed E-state index contributed by atoms with van der Waals surface area (Å²) in [5, 5.41) is 0. The van der Waals surface area contributed by atoms with E-state index in [1.807, 2.05) is 0 Å². The number of rotatable bonds is 1. The number of halogens is 2. The second-order valence-electron chi connectivity index (χ2n) is 1.52. The van der Waals surface area contributed by atoms with Crippen LogP contribution in [0.25, 0.3) is 0 Å². The molecule has 0 fully saturated rings. The average Bonchev–Trinajstić information content (AvgIpc) is 1.25. The summed E-state index contributed by atoms with van der Waals surface area (Å²) in [4.78, 5) is 23.6. The summed E-state index contributed by atoms with van der Waals surface area (Å²) in [6.07, 6.45) is 0. The summed E-state index contributed by atoms with van der Waals surface area (Å²) in [6.45, 7) is 0.249. The van der Waals surface area contributed by atoms with Gasteiger partial charge in [-0.2, -0.15) is 0 Å². The first-order chi connectivity index (χ1) is 3.25. The van der Waals surface area contributed by atoms with Gasteiger partial charge in [0, 0.05) is 0 Å². The van der Waals surface area contributed by atoms with Crippen LogP contribution in [0.4, 0.5) is 8.78 Å². The molecule has 0 amide bonds. The molecule has 0 radical (unpaired) electrons. The number of alkyl halides is 2. The van der Waals surface area contributed by atoms with Gasteiger partial charge in [0.2, 0.25) is 0 Å². The van der Waals surface area contributed by atoms with E-state index in [-0.39, 0.29) is 6.92 Å². The van der Waals surface area contributed by atoms with Gasteiger partial charge in [-0.25, -0.2) is 0 Å². The fourth-order valence-electron chi connectivity index (χ4n) is 0. The molecule has 3 N–H and O–H groups in total. The van der Waals surface area contributed by atoms with Gasteiger partial charge in [0.15, 0.2) is 0 Å². The second-order valence-corrected chi connectivity index (χ2v) is 3.67. The number of hydrogen-bond donors (Lipinski definition) is 3. The van der Waals surface area contributed by atoms with Crippen molar-refractivity contribution < 1.29 is 23.5 Å². The van der Waals surface area contributed by atoms with Crippen molar-refractivity contribution in [1.82, 2.24) is 0 Å². The van der Waals surface area contributed by atoms with Gasteiger partial charge < -0.3 is 0 Å². The molecule has 0 aliphatic rings. The van der Waals surface area contributed by atoms with Crippen LogP contribution >= 0.6 is 7.94 Å². The standard InChI is InChI=1S/C2H7F2O3P/c1-2(3,4)8(5,6)7/h5-8H,1H3. The van der Waals surface area contributed by atoms with Crippen molar-refractivity contribution in [3.05, 3.63) is 0 Å². The van der Waals surface area contributed by atoms with Crippen LogP contribution in [0.3, 0.4) is 0 Å². The molecule has 0 aromatic carbocycles. The Morgan fingerprint density at radius 2 is 1.38 bits per heavy atom. The maximum absolute atomic E-state index is 11.5. The Kier molecular flexibility index (Phi) is 1.88. The monoisotopic (exact) mass is 148 g/mol. The Morgan fingerprint density at radius 3 is 1.38 bits per heavy atom. The SMILES string of the molecule is CC(F)(F)[PH](O)(O)O. The molecule has 8 heavy (non-hydrogen) atoms. The molecule has 0 unspecified atom stereocenters. The van der Waals surface area contributed by atoms with Gasteiger partial charge in [-0.3, -0.25) is 0 Å². The van der Waals surface area contributed by atoms with E-state index in [2.05, 4.69) is 0 Å². The van der Waals surface area contributed by atoms with Crippen LogP contribution in [-0.2, 0) is 0 Å². The third kappa shape index (κ3) is 1.96. The van der Waals surface area contributed by atoms with Gasteiger partial charge in [-0.1, -0.05) is 0 Å². The third-order valence-corrected chi connectivity index (χ3v) is 1.77. The van der Waals surface area contributed by atoms with Crippen LogP contribution in [0.2, 0.25) is 0 Å². The minimum absolute atomic E-state index is 0.249. The van der Waals surface area contributed by atoms with E-state index in [9.17, 15) is 8.78 Å². The molecule has 0 atom stereocenters. The van der Waals surface area contributed by atoms with E-state index < -0.39 is 13.6 Å². The van der Waals surface area contributed by atoms with Crippen LogP contribution < -0.4 is 0 Å². The average molecular weight is 148 g/mol. The van der Waals surface area contributed by atoms with Crippen LogP contribution in [-0.4, -0.2) is 20.3 Å². The van der Waals surface area contributed by atoms with Crippen LogP contribution in [0.15, 0.2) is 0 Å². The van der Waals surface area contributed by atoms with Crippen LogP contribution in [0.1, 0.15) is 6.92 Å². The summed E-state index contributed by atoms with van der Waals surface area (Å²) in [5.74, 6) is 0. The van der Waals surface area contributed by atoms with Gasteiger partial charge in [-0.05, 0) is 0 Å². The Labute approximate surface area is 45.2 Å². The van der Waals surface area contributed by atoms with Gasteiger partial charge in [-0.15, -0.1) is 0 Å². The Bertz CT molecular complexity index is 70.3. The molecule has 0 heterocycles. The van der Waals surface area contributed by atoms with Crippen molar-refractivity contribution in [3.63, 3.8) is 0 Å². The van der Waals surface area contributed by atoms with Gasteiger partial charge in [0.1, 0.15) is 0 Å². The first kappa shape index (κ1) is 8.17. The molecule has 0 aliphatic carbocycles. The summed E-state index contributed by atoms with van der Waals surface area (Å²) < 4.78 is 23.1. The topological polar surface area (TPSA) is 60.7 Å². The Balaban J connectivity index is 4.02. The molecule has 0 saturated heterocycles. The molecule has 6 heteroatoms. The van der Waals surface area contributed by atoms with Crippen molar-refractivity contribution >= 4 is 7.94 Å². The molecule has 0 aliphatic heterocycles. The van der Waals surface area contributed by atoms with E-state index in [4.69, 9.17) is 14.7 Å². The van der Waals surface area contributed by atoms with Gasteiger partial charge >= 0.3 is 44.0 Å². The Hall–Kier alpha value is 0.170. The quantitative estimate of drug-likeness (QED) is 0.461. The minimum atomic E-state index is -5.19. The van der Waals surface area contributed by atoms with Crippen LogP contribution in [0.5, 0.6) is 0 Å². The summed E-state index contributed by atoms with van der Waals surface area (Å²) in [5.41, 5.74) is -3.76. The van der Waals surface area contributed by atoms with E-state index in [0.29, 0.717) is 0 Å². The van der Waals surface area contributed by atoms with Gasteiger partial charge in [0.25, 0.3) is 0 Å². The normalized spacial score (nSPS) is 16.2. The van der Waals surface area contributed by atoms with E-state index in [0.717, 1.165) is 0 Å². The molecule has 0 aromatic rings. The second kappa shape index (κ2) is 1.84. The fraction of sp³-hybridized carbons (Fsp3) is 1.00. The molecule has 0 spiro atoms. The molecule has 0 bridgehead atoms. The summed E-state index contributed by atoms with van der Waals surface area (Å²) in [7, 11) is -5.19. The molecule has 0 rings (SSSR count). The van der Waals surface area contributed by atoms with Crippen molar-refractivity contribution in [3.8, 4) is 0 Å². The molecule has 0 saturated carbocycles. The van der Waals surface area contributed by atoms with Gasteiger partial charge in [0.05, 0.1) is 0 Å². The maximum atomic E-state index is 11.5. The predicted molar refractivity (Wildman–Crippen MR) is 25.6 cm³/mol. The van der Waals surface area contributed by atoms with Crippen molar-refractivity contribution in [2.75, 3.05) is 0 Å². The zero-order valence-electron chi connectivity index (χ0n) is 4.10. The molecule has 52 valence electrons. The van der Waals surface area contributed by atoms with Crippen LogP contribution in [0, 0.1) is 0 Å². The van der Waals surface area contributed by atoms with Crippen molar-refractivity contribution in [2.24, 2.45) is 0 Å². The first-order valence-corrected chi connectivity index (χ1v) is 3.64. The first-order valence-electron chi connectivity index (χ1n) is 1.80. The molecule has 0 aromatic heterocycles. The van der Waals surface area contributed by atoms with Crippen molar-refractivity contribution in [1.29, 1.82) is 0 Å². The third-order valence-electron chi connectivity index (χ3n) is 0.589. The fourth-order valence-corrected chi connectivity index (χ4v) is 0. The molecular weight excluding hydrogens is 141 g/mol. The summed E-state index contributed by atoms with van der Waals surface area (Å²) in [6, 6.07) is 0. The zero-order chi connectivity index (χ0) is 7.00. The predicted octanol–water partition coefficient (Wildman–Crippen LogP) is 0.0709. The zero-order valence-corrected chi connectivity index (χ0v) is 5.10. The Morgan fingerprint density at radius 1 is 1.25 bits per heavy atom. The van der Waals surface area contributed by atoms with E-state index in [1.54, 1.807) is 0 Å². The van der Waals surface area contributed by atoms with Crippen molar-refractivity contribution in [2.45, 2.75) is 12.6 Å².